The largest absolute Gasteiger partial charge is 0.478 e. The zero-order chi connectivity index (χ0) is 25.7. The molecule has 0 bridgehead atoms. The third kappa shape index (κ3) is 8.29. The van der Waals surface area contributed by atoms with Crippen LogP contribution >= 0.6 is 0 Å². The molecule has 0 fully saturated rings. The molecule has 3 atom stereocenters. The lowest BCUT2D eigenvalue weighted by molar-refractivity contribution is -0.159. The van der Waals surface area contributed by atoms with Gasteiger partial charge in [-0.25, -0.2) is 4.79 Å². The van der Waals surface area contributed by atoms with Crippen molar-refractivity contribution in [1.29, 1.82) is 0 Å². The van der Waals surface area contributed by atoms with E-state index < -0.39 is 18.2 Å². The van der Waals surface area contributed by atoms with Gasteiger partial charge >= 0.3 is 5.97 Å². The first-order valence-electron chi connectivity index (χ1n) is 12.7. The van der Waals surface area contributed by atoms with E-state index >= 15 is 0 Å². The minimum absolute atomic E-state index is 0.161. The van der Waals surface area contributed by atoms with Gasteiger partial charge < -0.3 is 23.7 Å². The van der Waals surface area contributed by atoms with Crippen molar-refractivity contribution in [3.05, 3.63) is 120 Å². The average Bonchev–Trinajstić information content (AvgIpc) is 3.12. The summed E-state index contributed by atoms with van der Waals surface area (Å²) in [6, 6.07) is 29.9. The Morgan fingerprint density at radius 3 is 1.89 bits per heavy atom. The summed E-state index contributed by atoms with van der Waals surface area (Å²) in [5, 5.41) is 0. The summed E-state index contributed by atoms with van der Waals surface area (Å²) in [5.41, 5.74) is 3.15. The lowest BCUT2D eigenvalue weighted by Crippen LogP contribution is -2.44. The second-order valence-corrected chi connectivity index (χ2v) is 8.78. The van der Waals surface area contributed by atoms with Crippen molar-refractivity contribution in [2.24, 2.45) is 0 Å². The van der Waals surface area contributed by atoms with Gasteiger partial charge in [-0.3, -0.25) is 0 Å². The standard InChI is InChI=1S/C31H34O6/c1-2-34-31(32)28-19-18-27(35-21-25-14-8-4-9-15-25)30(36-22-26-16-10-5-11-17-26)29(37-28)23-33-20-24-12-6-3-7-13-24/h3-17,19,27,29-30H,2,18,20-23H2,1H3/t27-,29+,30+/m0/s1. The number of hydrogen-bond acceptors (Lipinski definition) is 6. The van der Waals surface area contributed by atoms with Gasteiger partial charge in [0.25, 0.3) is 0 Å². The van der Waals surface area contributed by atoms with Crippen LogP contribution in [-0.2, 0) is 48.3 Å². The van der Waals surface area contributed by atoms with Crippen molar-refractivity contribution < 1.29 is 28.5 Å². The van der Waals surface area contributed by atoms with Gasteiger partial charge in [0.15, 0.2) is 6.10 Å². The van der Waals surface area contributed by atoms with Crippen molar-refractivity contribution >= 4 is 5.97 Å². The van der Waals surface area contributed by atoms with Gasteiger partial charge in [-0.2, -0.15) is 0 Å². The first-order chi connectivity index (χ1) is 18.2. The number of carbonyl (C=O) groups is 1. The van der Waals surface area contributed by atoms with E-state index in [0.717, 1.165) is 16.7 Å². The summed E-state index contributed by atoms with van der Waals surface area (Å²) in [5.74, 6) is -0.338. The molecule has 0 N–H and O–H groups in total. The molecule has 194 valence electrons. The van der Waals surface area contributed by atoms with Gasteiger partial charge in [0.1, 0.15) is 6.10 Å². The maximum atomic E-state index is 12.6. The number of carbonyl (C=O) groups excluding carboxylic acids is 1. The SMILES string of the molecule is CCOC(=O)C1=CC[C@H](OCc2ccccc2)[C@@H](OCc2ccccc2)[C@@H](COCc2ccccc2)O1. The molecule has 0 spiro atoms. The Morgan fingerprint density at radius 1 is 0.784 bits per heavy atom. The quantitative estimate of drug-likeness (QED) is 0.300. The Labute approximate surface area is 218 Å². The van der Waals surface area contributed by atoms with Gasteiger partial charge in [0.2, 0.25) is 5.76 Å². The fraction of sp³-hybridized carbons (Fsp3) is 0.323. The maximum absolute atomic E-state index is 12.6. The molecule has 1 aliphatic heterocycles. The molecule has 0 amide bonds. The van der Waals surface area contributed by atoms with E-state index in [2.05, 4.69) is 0 Å². The summed E-state index contributed by atoms with van der Waals surface area (Å²) in [7, 11) is 0. The van der Waals surface area contributed by atoms with Crippen LogP contribution in [0.15, 0.2) is 103 Å². The average molecular weight is 503 g/mol. The van der Waals surface area contributed by atoms with Gasteiger partial charge in [-0.15, -0.1) is 0 Å². The van der Waals surface area contributed by atoms with Gasteiger partial charge in [0.05, 0.1) is 39.1 Å². The Hall–Kier alpha value is -3.45. The Balaban J connectivity index is 1.54. The number of esters is 1. The van der Waals surface area contributed by atoms with E-state index in [0.29, 0.717) is 26.2 Å². The Morgan fingerprint density at radius 2 is 1.32 bits per heavy atom. The highest BCUT2D eigenvalue weighted by Crippen LogP contribution is 2.26. The molecular weight excluding hydrogens is 468 g/mol. The van der Waals surface area contributed by atoms with Crippen LogP contribution in [-0.4, -0.2) is 37.5 Å². The van der Waals surface area contributed by atoms with Crippen LogP contribution in [0.5, 0.6) is 0 Å². The normalized spacial score (nSPS) is 19.4. The molecule has 0 radical (unpaired) electrons. The smallest absolute Gasteiger partial charge is 0.373 e. The van der Waals surface area contributed by atoms with Crippen LogP contribution in [0.3, 0.4) is 0 Å². The van der Waals surface area contributed by atoms with Crippen molar-refractivity contribution in [3.63, 3.8) is 0 Å². The molecule has 37 heavy (non-hydrogen) atoms. The summed E-state index contributed by atoms with van der Waals surface area (Å²) in [6.45, 7) is 3.46. The summed E-state index contributed by atoms with van der Waals surface area (Å²) in [6.07, 6.45) is 0.759. The third-order valence-electron chi connectivity index (χ3n) is 6.01. The zero-order valence-corrected chi connectivity index (χ0v) is 21.2. The number of benzene rings is 3. The van der Waals surface area contributed by atoms with Crippen molar-refractivity contribution in [2.75, 3.05) is 13.2 Å². The van der Waals surface area contributed by atoms with Crippen molar-refractivity contribution in [3.8, 4) is 0 Å². The topological polar surface area (TPSA) is 63.2 Å². The second-order valence-electron chi connectivity index (χ2n) is 8.78. The highest BCUT2D eigenvalue weighted by Gasteiger charge is 2.37. The molecule has 0 unspecified atom stereocenters. The number of hydrogen-bond donors (Lipinski definition) is 0. The minimum atomic E-state index is -0.577. The van der Waals surface area contributed by atoms with Crippen LogP contribution in [0.25, 0.3) is 0 Å². The Kier molecular flexibility index (Phi) is 10.3. The molecule has 6 heteroatoms. The fourth-order valence-corrected chi connectivity index (χ4v) is 4.13. The molecule has 1 aliphatic rings. The molecular formula is C31H34O6. The van der Waals surface area contributed by atoms with Crippen molar-refractivity contribution in [2.45, 2.75) is 51.5 Å². The van der Waals surface area contributed by atoms with Gasteiger partial charge in [-0.05, 0) is 36.1 Å². The lowest BCUT2D eigenvalue weighted by Gasteiger charge is -2.31. The summed E-state index contributed by atoms with van der Waals surface area (Å²) in [4.78, 5) is 12.6. The lowest BCUT2D eigenvalue weighted by atomic mass is 10.0. The highest BCUT2D eigenvalue weighted by molar-refractivity contribution is 5.86. The fourth-order valence-electron chi connectivity index (χ4n) is 4.13. The molecule has 0 aliphatic carbocycles. The summed E-state index contributed by atoms with van der Waals surface area (Å²) >= 11 is 0. The van der Waals surface area contributed by atoms with Crippen LogP contribution < -0.4 is 0 Å². The molecule has 3 aromatic carbocycles. The highest BCUT2D eigenvalue weighted by atomic mass is 16.6. The van der Waals surface area contributed by atoms with Crippen LogP contribution in [0.1, 0.15) is 30.0 Å². The first kappa shape index (κ1) is 26.6. The molecule has 4 rings (SSSR count). The molecule has 0 saturated carbocycles. The molecule has 1 heterocycles. The zero-order valence-electron chi connectivity index (χ0n) is 21.2. The molecule has 3 aromatic rings. The van der Waals surface area contributed by atoms with E-state index in [1.54, 1.807) is 13.0 Å². The third-order valence-corrected chi connectivity index (χ3v) is 6.01. The van der Waals surface area contributed by atoms with Crippen LogP contribution in [0.4, 0.5) is 0 Å². The molecule has 6 nitrogen and oxygen atoms in total. The Bertz CT molecular complexity index is 1100. The van der Waals surface area contributed by atoms with E-state index in [1.807, 2.05) is 91.0 Å². The predicted molar refractivity (Wildman–Crippen MR) is 140 cm³/mol. The number of rotatable bonds is 12. The van der Waals surface area contributed by atoms with E-state index in [-0.39, 0.29) is 25.1 Å². The molecule has 0 saturated heterocycles. The molecule has 0 aromatic heterocycles. The second kappa shape index (κ2) is 14.3. The van der Waals surface area contributed by atoms with Gasteiger partial charge in [0, 0.05) is 0 Å². The first-order valence-corrected chi connectivity index (χ1v) is 12.7. The predicted octanol–water partition coefficient (Wildman–Crippen LogP) is 5.61. The minimum Gasteiger partial charge on any atom is -0.478 e. The summed E-state index contributed by atoms with van der Waals surface area (Å²) < 4.78 is 30.3. The maximum Gasteiger partial charge on any atom is 0.373 e. The monoisotopic (exact) mass is 502 g/mol. The van der Waals surface area contributed by atoms with E-state index in [9.17, 15) is 4.79 Å². The van der Waals surface area contributed by atoms with Crippen LogP contribution in [0.2, 0.25) is 0 Å². The van der Waals surface area contributed by atoms with E-state index in [4.69, 9.17) is 23.7 Å². The van der Waals surface area contributed by atoms with Crippen molar-refractivity contribution in [1.82, 2.24) is 0 Å². The van der Waals surface area contributed by atoms with E-state index in [1.165, 1.54) is 0 Å². The van der Waals surface area contributed by atoms with Gasteiger partial charge in [-0.1, -0.05) is 91.0 Å². The van der Waals surface area contributed by atoms with Crippen LogP contribution in [0, 0.1) is 0 Å². The number of ether oxygens (including phenoxy) is 5.